The lowest BCUT2D eigenvalue weighted by Gasteiger charge is -2.04. The van der Waals surface area contributed by atoms with E-state index >= 15 is 0 Å². The maximum Gasteiger partial charge on any atom is 0.226 e. The van der Waals surface area contributed by atoms with E-state index in [-0.39, 0.29) is 0 Å². The molecule has 7 heteroatoms. The number of rotatable bonds is 4. The minimum absolute atomic E-state index is 0.578. The maximum atomic E-state index is 5.44. The lowest BCUT2D eigenvalue weighted by Crippen LogP contribution is -1.88. The third-order valence-corrected chi connectivity index (χ3v) is 5.46. The fraction of sp³-hybridized carbons (Fsp3) is 0.176. The summed E-state index contributed by atoms with van der Waals surface area (Å²) in [6, 6.07) is 8.52. The van der Waals surface area contributed by atoms with E-state index in [1.165, 1.54) is 16.7 Å². The van der Waals surface area contributed by atoms with Gasteiger partial charge in [0.05, 0.1) is 11.1 Å². The molecule has 4 aromatic rings. The molecule has 0 spiro atoms. The molecule has 0 atom stereocenters. The molecule has 3 aromatic heterocycles. The van der Waals surface area contributed by atoms with Crippen LogP contribution in [0.3, 0.4) is 0 Å². The van der Waals surface area contributed by atoms with Crippen LogP contribution in [0.1, 0.15) is 17.3 Å². The van der Waals surface area contributed by atoms with E-state index in [1.54, 1.807) is 36.3 Å². The molecule has 0 aliphatic carbocycles. The molecule has 0 aliphatic heterocycles. The highest BCUT2D eigenvalue weighted by atomic mass is 32.2. The Morgan fingerprint density at radius 2 is 1.92 bits per heavy atom. The second-order valence-electron chi connectivity index (χ2n) is 5.38. The Morgan fingerprint density at radius 3 is 2.67 bits per heavy atom. The van der Waals surface area contributed by atoms with Gasteiger partial charge in [-0.2, -0.15) is 0 Å². The van der Waals surface area contributed by atoms with Gasteiger partial charge in [0.1, 0.15) is 16.2 Å². The molecule has 5 nitrogen and oxygen atoms in total. The zero-order valence-electron chi connectivity index (χ0n) is 13.2. The summed E-state index contributed by atoms with van der Waals surface area (Å²) in [5.74, 6) is 1.78. The molecule has 0 N–H and O–H groups in total. The van der Waals surface area contributed by atoms with Crippen molar-refractivity contribution < 1.29 is 4.42 Å². The van der Waals surface area contributed by atoms with Crippen LogP contribution in [0.15, 0.2) is 45.4 Å². The number of aromatic nitrogens is 4. The standard InChI is InChI=1S/C17H14N4OS2/c1-10-3-5-12(6-4-10)13-7-23-16-15(13)17(19-9-18-16)24-8-14-21-20-11(2)22-14/h3-7,9H,8H2,1-2H3. The fourth-order valence-electron chi connectivity index (χ4n) is 2.43. The fourth-order valence-corrected chi connectivity index (χ4v) is 4.26. The number of nitrogens with zero attached hydrogens (tertiary/aromatic N) is 4. The van der Waals surface area contributed by atoms with E-state index in [9.17, 15) is 0 Å². The van der Waals surface area contributed by atoms with Gasteiger partial charge in [0.2, 0.25) is 11.8 Å². The first-order valence-corrected chi connectivity index (χ1v) is 9.28. The molecule has 1 aromatic carbocycles. The Kier molecular flexibility index (Phi) is 4.03. The average Bonchev–Trinajstić information content (AvgIpc) is 3.20. The first kappa shape index (κ1) is 15.3. The summed E-state index contributed by atoms with van der Waals surface area (Å²) in [6.07, 6.45) is 1.61. The summed E-state index contributed by atoms with van der Waals surface area (Å²) >= 11 is 3.23. The van der Waals surface area contributed by atoms with E-state index in [2.05, 4.69) is 56.7 Å². The molecule has 0 fully saturated rings. The number of hydrogen-bond acceptors (Lipinski definition) is 7. The normalized spacial score (nSPS) is 11.2. The highest BCUT2D eigenvalue weighted by Gasteiger charge is 2.14. The van der Waals surface area contributed by atoms with E-state index in [4.69, 9.17) is 4.42 Å². The Bertz CT molecular complexity index is 991. The molecular formula is C17H14N4OS2. The van der Waals surface area contributed by atoms with Gasteiger partial charge in [-0.25, -0.2) is 9.97 Å². The third-order valence-electron chi connectivity index (χ3n) is 3.60. The van der Waals surface area contributed by atoms with Gasteiger partial charge in [-0.3, -0.25) is 0 Å². The van der Waals surface area contributed by atoms with Gasteiger partial charge in [0, 0.05) is 17.9 Å². The van der Waals surface area contributed by atoms with Crippen LogP contribution in [0.4, 0.5) is 0 Å². The van der Waals surface area contributed by atoms with Crippen molar-refractivity contribution in [2.24, 2.45) is 0 Å². The molecule has 0 saturated heterocycles. The maximum absolute atomic E-state index is 5.44. The molecule has 0 amide bonds. The minimum Gasteiger partial charge on any atom is -0.425 e. The lowest BCUT2D eigenvalue weighted by atomic mass is 10.1. The number of benzene rings is 1. The average molecular weight is 354 g/mol. The smallest absolute Gasteiger partial charge is 0.226 e. The highest BCUT2D eigenvalue weighted by Crippen LogP contribution is 2.38. The molecule has 4 rings (SSSR count). The zero-order chi connectivity index (χ0) is 16.5. The van der Waals surface area contributed by atoms with E-state index in [0.29, 0.717) is 17.5 Å². The Labute approximate surface area is 147 Å². The number of aryl methyl sites for hydroxylation is 2. The predicted molar refractivity (Wildman–Crippen MR) is 96.2 cm³/mol. The molecule has 120 valence electrons. The number of hydrogen-bond donors (Lipinski definition) is 0. The summed E-state index contributed by atoms with van der Waals surface area (Å²) < 4.78 is 5.44. The van der Waals surface area contributed by atoms with Gasteiger partial charge < -0.3 is 4.42 Å². The van der Waals surface area contributed by atoms with Crippen molar-refractivity contribution in [3.05, 3.63) is 53.3 Å². The summed E-state index contributed by atoms with van der Waals surface area (Å²) in [6.45, 7) is 3.88. The van der Waals surface area contributed by atoms with Crippen molar-refractivity contribution in [1.29, 1.82) is 0 Å². The molecule has 0 bridgehead atoms. The Hall–Kier alpha value is -2.25. The second kappa shape index (κ2) is 6.33. The van der Waals surface area contributed by atoms with Crippen molar-refractivity contribution in [1.82, 2.24) is 20.2 Å². The second-order valence-corrected chi connectivity index (χ2v) is 7.20. The first-order chi connectivity index (χ1) is 11.7. The monoisotopic (exact) mass is 354 g/mol. The third kappa shape index (κ3) is 2.92. The molecule has 0 aliphatic rings. The summed E-state index contributed by atoms with van der Waals surface area (Å²) in [5, 5.41) is 12.1. The van der Waals surface area contributed by atoms with Crippen LogP contribution in [0.5, 0.6) is 0 Å². The number of fused-ring (bicyclic) bond motifs is 1. The summed E-state index contributed by atoms with van der Waals surface area (Å²) in [5.41, 5.74) is 3.59. The van der Waals surface area contributed by atoms with E-state index in [0.717, 1.165) is 15.2 Å². The van der Waals surface area contributed by atoms with Crippen molar-refractivity contribution in [2.45, 2.75) is 24.6 Å². The van der Waals surface area contributed by atoms with Gasteiger partial charge in [-0.1, -0.05) is 41.6 Å². The predicted octanol–water partition coefficient (Wildman–Crippen LogP) is 4.65. The molecule has 0 unspecified atom stereocenters. The van der Waals surface area contributed by atoms with Crippen molar-refractivity contribution in [2.75, 3.05) is 0 Å². The van der Waals surface area contributed by atoms with Crippen molar-refractivity contribution in [3.63, 3.8) is 0 Å². The summed E-state index contributed by atoms with van der Waals surface area (Å²) in [7, 11) is 0. The Morgan fingerprint density at radius 1 is 1.08 bits per heavy atom. The van der Waals surface area contributed by atoms with Crippen molar-refractivity contribution in [3.8, 4) is 11.1 Å². The largest absolute Gasteiger partial charge is 0.425 e. The number of thiophene rings is 1. The van der Waals surface area contributed by atoms with Crippen LogP contribution in [0.2, 0.25) is 0 Å². The van der Waals surface area contributed by atoms with Crippen LogP contribution in [-0.4, -0.2) is 20.2 Å². The topological polar surface area (TPSA) is 64.7 Å². The van der Waals surface area contributed by atoms with Crippen LogP contribution >= 0.6 is 23.1 Å². The van der Waals surface area contributed by atoms with Gasteiger partial charge in [0.25, 0.3) is 0 Å². The highest BCUT2D eigenvalue weighted by molar-refractivity contribution is 7.98. The lowest BCUT2D eigenvalue weighted by molar-refractivity contribution is 0.485. The van der Waals surface area contributed by atoms with Gasteiger partial charge in [-0.15, -0.1) is 21.5 Å². The van der Waals surface area contributed by atoms with Crippen LogP contribution in [-0.2, 0) is 5.75 Å². The first-order valence-electron chi connectivity index (χ1n) is 7.42. The van der Waals surface area contributed by atoms with Gasteiger partial charge >= 0.3 is 0 Å². The van der Waals surface area contributed by atoms with E-state index in [1.807, 2.05) is 0 Å². The van der Waals surface area contributed by atoms with Crippen LogP contribution in [0, 0.1) is 13.8 Å². The Balaban J connectivity index is 1.72. The van der Waals surface area contributed by atoms with Crippen LogP contribution in [0.25, 0.3) is 21.3 Å². The summed E-state index contributed by atoms with van der Waals surface area (Å²) in [4.78, 5) is 9.87. The van der Waals surface area contributed by atoms with Crippen molar-refractivity contribution >= 4 is 33.3 Å². The van der Waals surface area contributed by atoms with Crippen LogP contribution < -0.4 is 0 Å². The minimum atomic E-state index is 0.578. The van der Waals surface area contributed by atoms with Gasteiger partial charge in [0.15, 0.2) is 0 Å². The van der Waals surface area contributed by atoms with E-state index < -0.39 is 0 Å². The molecule has 24 heavy (non-hydrogen) atoms. The molecular weight excluding hydrogens is 340 g/mol. The quantitative estimate of drug-likeness (QED) is 0.392. The molecule has 0 saturated carbocycles. The number of thioether (sulfide) groups is 1. The van der Waals surface area contributed by atoms with Gasteiger partial charge in [-0.05, 0) is 12.5 Å². The zero-order valence-corrected chi connectivity index (χ0v) is 14.8. The molecule has 0 radical (unpaired) electrons. The SMILES string of the molecule is Cc1ccc(-c2csc3ncnc(SCc4nnc(C)o4)c23)cc1. The molecule has 3 heterocycles.